The van der Waals surface area contributed by atoms with E-state index in [1.54, 1.807) is 12.3 Å². The number of H-pyrrole nitrogens is 1. The van der Waals surface area contributed by atoms with Crippen LogP contribution < -0.4 is 5.32 Å². The summed E-state index contributed by atoms with van der Waals surface area (Å²) in [5.41, 5.74) is 1.90. The van der Waals surface area contributed by atoms with Crippen LogP contribution in [-0.4, -0.2) is 45.8 Å². The molecular formula is C14H19N5O2. The van der Waals surface area contributed by atoms with Gasteiger partial charge in [-0.3, -0.25) is 20.1 Å². The van der Waals surface area contributed by atoms with Crippen molar-refractivity contribution in [2.45, 2.75) is 25.7 Å². The molecule has 0 spiro atoms. The standard InChI is InChI=1S/C14H19N5O2/c1-10-7-14(21-18-10)16-13(20)9-19-6-2-3-11(8-19)12-4-5-15-17-12/h4-5,7,11H,2-3,6,8-9H2,1H3,(H,15,17)(H,16,20). The van der Waals surface area contributed by atoms with E-state index in [4.69, 9.17) is 4.52 Å². The van der Waals surface area contributed by atoms with Gasteiger partial charge in [0, 0.05) is 30.4 Å². The lowest BCUT2D eigenvalue weighted by atomic mass is 9.95. The van der Waals surface area contributed by atoms with E-state index in [1.165, 1.54) is 0 Å². The van der Waals surface area contributed by atoms with Crippen molar-refractivity contribution >= 4 is 11.8 Å². The summed E-state index contributed by atoms with van der Waals surface area (Å²) in [5.74, 6) is 0.748. The molecule has 3 rings (SSSR count). The second-order valence-electron chi connectivity index (χ2n) is 5.47. The maximum atomic E-state index is 12.0. The Morgan fingerprint density at radius 3 is 3.24 bits per heavy atom. The van der Waals surface area contributed by atoms with E-state index in [2.05, 4.69) is 25.6 Å². The third-order valence-electron chi connectivity index (χ3n) is 3.73. The van der Waals surface area contributed by atoms with E-state index in [9.17, 15) is 4.79 Å². The van der Waals surface area contributed by atoms with E-state index >= 15 is 0 Å². The summed E-state index contributed by atoms with van der Waals surface area (Å²) in [5, 5.41) is 13.5. The van der Waals surface area contributed by atoms with Crippen LogP contribution in [0.15, 0.2) is 22.9 Å². The third-order valence-corrected chi connectivity index (χ3v) is 3.73. The lowest BCUT2D eigenvalue weighted by molar-refractivity contribution is -0.117. The van der Waals surface area contributed by atoms with Gasteiger partial charge in [-0.15, -0.1) is 0 Å². The van der Waals surface area contributed by atoms with Gasteiger partial charge in [-0.25, -0.2) is 0 Å². The van der Waals surface area contributed by atoms with E-state index in [0.29, 0.717) is 18.3 Å². The molecule has 7 nitrogen and oxygen atoms in total. The first-order valence-corrected chi connectivity index (χ1v) is 7.15. The second kappa shape index (κ2) is 6.09. The molecule has 112 valence electrons. The minimum absolute atomic E-state index is 0.0728. The number of aryl methyl sites for hydroxylation is 1. The largest absolute Gasteiger partial charge is 0.338 e. The fraction of sp³-hybridized carbons (Fsp3) is 0.500. The topological polar surface area (TPSA) is 87.0 Å². The molecule has 1 fully saturated rings. The fourth-order valence-corrected chi connectivity index (χ4v) is 2.75. The molecule has 1 atom stereocenters. The van der Waals surface area contributed by atoms with Crippen molar-refractivity contribution in [2.24, 2.45) is 0 Å². The highest BCUT2D eigenvalue weighted by Gasteiger charge is 2.23. The maximum absolute atomic E-state index is 12.0. The van der Waals surface area contributed by atoms with Crippen LogP contribution >= 0.6 is 0 Å². The van der Waals surface area contributed by atoms with Crippen LogP contribution in [0.2, 0.25) is 0 Å². The van der Waals surface area contributed by atoms with Gasteiger partial charge in [0.15, 0.2) is 0 Å². The Labute approximate surface area is 122 Å². The lowest BCUT2D eigenvalue weighted by Gasteiger charge is -2.31. The van der Waals surface area contributed by atoms with E-state index in [0.717, 1.165) is 37.3 Å². The molecule has 1 aliphatic rings. The summed E-state index contributed by atoms with van der Waals surface area (Å²) in [4.78, 5) is 14.2. The van der Waals surface area contributed by atoms with Gasteiger partial charge in [-0.1, -0.05) is 5.16 Å². The SMILES string of the molecule is Cc1cc(NC(=O)CN2CCCC(c3ccn[nH]3)C2)on1. The molecule has 0 radical (unpaired) electrons. The molecule has 0 aliphatic carbocycles. The van der Waals surface area contributed by atoms with Crippen molar-refractivity contribution in [3.8, 4) is 0 Å². The van der Waals surface area contributed by atoms with Crippen LogP contribution in [0.4, 0.5) is 5.88 Å². The van der Waals surface area contributed by atoms with Crippen LogP contribution in [0, 0.1) is 6.92 Å². The molecule has 1 aliphatic heterocycles. The second-order valence-corrected chi connectivity index (χ2v) is 5.47. The summed E-state index contributed by atoms with van der Waals surface area (Å²) < 4.78 is 4.99. The molecule has 0 aromatic carbocycles. The Bertz CT molecular complexity index is 592. The summed E-state index contributed by atoms with van der Waals surface area (Å²) in [6, 6.07) is 3.72. The molecule has 21 heavy (non-hydrogen) atoms. The molecule has 1 amide bonds. The molecule has 1 saturated heterocycles. The van der Waals surface area contributed by atoms with Crippen LogP contribution in [0.5, 0.6) is 0 Å². The van der Waals surface area contributed by atoms with Gasteiger partial charge in [0.25, 0.3) is 0 Å². The molecule has 3 heterocycles. The predicted molar refractivity (Wildman–Crippen MR) is 76.9 cm³/mol. The number of carbonyl (C=O) groups excluding carboxylic acids is 1. The number of piperidine rings is 1. The number of anilines is 1. The average molecular weight is 289 g/mol. The number of carbonyl (C=O) groups is 1. The molecule has 1 unspecified atom stereocenters. The average Bonchev–Trinajstić information content (AvgIpc) is 3.11. The number of aromatic nitrogens is 3. The van der Waals surface area contributed by atoms with Crippen molar-refractivity contribution in [3.05, 3.63) is 29.7 Å². The quantitative estimate of drug-likeness (QED) is 0.891. The number of likely N-dealkylation sites (tertiary alicyclic amines) is 1. The molecule has 2 aromatic rings. The molecule has 0 bridgehead atoms. The fourth-order valence-electron chi connectivity index (χ4n) is 2.75. The first kappa shape index (κ1) is 13.8. The number of hydrogen-bond donors (Lipinski definition) is 2. The number of hydrogen-bond acceptors (Lipinski definition) is 5. The van der Waals surface area contributed by atoms with Crippen molar-refractivity contribution in [2.75, 3.05) is 25.0 Å². The van der Waals surface area contributed by atoms with Crippen LogP contribution in [-0.2, 0) is 4.79 Å². The Morgan fingerprint density at radius 2 is 2.52 bits per heavy atom. The van der Waals surface area contributed by atoms with Gasteiger partial charge < -0.3 is 4.52 Å². The van der Waals surface area contributed by atoms with E-state index < -0.39 is 0 Å². The highest BCUT2D eigenvalue weighted by atomic mass is 16.5. The van der Waals surface area contributed by atoms with E-state index in [1.807, 2.05) is 13.0 Å². The summed E-state index contributed by atoms with van der Waals surface area (Å²) in [6.07, 6.45) is 3.98. The number of aromatic amines is 1. The summed E-state index contributed by atoms with van der Waals surface area (Å²) >= 11 is 0. The van der Waals surface area contributed by atoms with Crippen molar-refractivity contribution in [3.63, 3.8) is 0 Å². The highest BCUT2D eigenvalue weighted by molar-refractivity contribution is 5.90. The monoisotopic (exact) mass is 289 g/mol. The summed E-state index contributed by atoms with van der Waals surface area (Å²) in [7, 11) is 0. The zero-order valence-electron chi connectivity index (χ0n) is 12.0. The highest BCUT2D eigenvalue weighted by Crippen LogP contribution is 2.25. The third kappa shape index (κ3) is 3.49. The number of rotatable bonds is 4. The molecule has 7 heteroatoms. The van der Waals surface area contributed by atoms with Crippen LogP contribution in [0.3, 0.4) is 0 Å². The minimum Gasteiger partial charge on any atom is -0.338 e. The van der Waals surface area contributed by atoms with Crippen molar-refractivity contribution < 1.29 is 9.32 Å². The first-order chi connectivity index (χ1) is 10.2. The zero-order chi connectivity index (χ0) is 14.7. The zero-order valence-corrected chi connectivity index (χ0v) is 12.0. The number of amides is 1. The van der Waals surface area contributed by atoms with Gasteiger partial charge >= 0.3 is 0 Å². The predicted octanol–water partition coefficient (Wildman–Crippen LogP) is 1.52. The van der Waals surface area contributed by atoms with Crippen molar-refractivity contribution in [1.29, 1.82) is 0 Å². The van der Waals surface area contributed by atoms with Gasteiger partial charge in [-0.05, 0) is 32.4 Å². The van der Waals surface area contributed by atoms with Gasteiger partial charge in [0.1, 0.15) is 0 Å². The number of nitrogens with zero attached hydrogens (tertiary/aromatic N) is 3. The maximum Gasteiger partial charge on any atom is 0.240 e. The number of nitrogens with one attached hydrogen (secondary N) is 2. The van der Waals surface area contributed by atoms with Crippen molar-refractivity contribution in [1.82, 2.24) is 20.3 Å². The molecule has 2 N–H and O–H groups in total. The lowest BCUT2D eigenvalue weighted by Crippen LogP contribution is -2.39. The first-order valence-electron chi connectivity index (χ1n) is 7.15. The Kier molecular flexibility index (Phi) is 4.01. The smallest absolute Gasteiger partial charge is 0.240 e. The van der Waals surface area contributed by atoms with Gasteiger partial charge in [-0.2, -0.15) is 5.10 Å². The molecule has 2 aromatic heterocycles. The normalized spacial score (nSPS) is 19.6. The Balaban J connectivity index is 1.53. The minimum atomic E-state index is -0.0728. The Hall–Kier alpha value is -2.15. The van der Waals surface area contributed by atoms with Gasteiger partial charge in [0.2, 0.25) is 11.8 Å². The van der Waals surface area contributed by atoms with E-state index in [-0.39, 0.29) is 5.91 Å². The van der Waals surface area contributed by atoms with Crippen LogP contribution in [0.25, 0.3) is 0 Å². The van der Waals surface area contributed by atoms with Gasteiger partial charge in [0.05, 0.1) is 12.2 Å². The molecule has 0 saturated carbocycles. The Morgan fingerprint density at radius 1 is 1.62 bits per heavy atom. The molecular weight excluding hydrogens is 270 g/mol. The summed E-state index contributed by atoms with van der Waals surface area (Å²) in [6.45, 7) is 3.99. The van der Waals surface area contributed by atoms with Crippen LogP contribution in [0.1, 0.15) is 30.1 Å².